The Labute approximate surface area is 185 Å². The van der Waals surface area contributed by atoms with Crippen molar-refractivity contribution >= 4 is 21.9 Å². The normalized spacial score (nSPS) is 19.5. The summed E-state index contributed by atoms with van der Waals surface area (Å²) in [7, 11) is -3.64. The molecule has 0 bridgehead atoms. The van der Waals surface area contributed by atoms with Gasteiger partial charge in [0.05, 0.1) is 10.8 Å². The molecule has 1 atom stereocenters. The van der Waals surface area contributed by atoms with Gasteiger partial charge in [-0.1, -0.05) is 6.07 Å². The highest BCUT2D eigenvalue weighted by Crippen LogP contribution is 2.31. The number of sulfonamides is 1. The largest absolute Gasteiger partial charge is 0.452 e. The van der Waals surface area contributed by atoms with Crippen LogP contribution in [-0.4, -0.2) is 61.8 Å². The second-order valence-electron chi connectivity index (χ2n) is 8.88. The van der Waals surface area contributed by atoms with Gasteiger partial charge in [-0.15, -0.1) is 0 Å². The van der Waals surface area contributed by atoms with E-state index in [0.717, 1.165) is 35.1 Å². The third-order valence-corrected chi connectivity index (χ3v) is 8.91. The number of aryl methyl sites for hydroxylation is 2. The number of nitrogens with zero attached hydrogens (tertiary/aromatic N) is 2. The van der Waals surface area contributed by atoms with E-state index in [1.54, 1.807) is 11.8 Å². The molecule has 0 radical (unpaired) electrons. The monoisotopic (exact) mass is 450 g/mol. The van der Waals surface area contributed by atoms with Crippen LogP contribution in [0, 0.1) is 33.6 Å². The van der Waals surface area contributed by atoms with Crippen molar-refractivity contribution in [3.05, 3.63) is 28.3 Å². The second kappa shape index (κ2) is 9.28. The van der Waals surface area contributed by atoms with Crippen LogP contribution in [0.15, 0.2) is 11.0 Å². The van der Waals surface area contributed by atoms with Crippen LogP contribution in [0.5, 0.6) is 0 Å². The summed E-state index contributed by atoms with van der Waals surface area (Å²) in [6.07, 6.45) is 1.96. The van der Waals surface area contributed by atoms with Crippen molar-refractivity contribution in [2.75, 3.05) is 26.2 Å². The molecule has 2 saturated heterocycles. The predicted octanol–water partition coefficient (Wildman–Crippen LogP) is 2.88. The smallest absolute Gasteiger partial charge is 0.309 e. The van der Waals surface area contributed by atoms with E-state index < -0.39 is 22.1 Å². The molecule has 0 aliphatic carbocycles. The van der Waals surface area contributed by atoms with Gasteiger partial charge in [-0.05, 0) is 82.6 Å². The first kappa shape index (κ1) is 23.7. The van der Waals surface area contributed by atoms with E-state index in [9.17, 15) is 18.0 Å². The van der Waals surface area contributed by atoms with Gasteiger partial charge in [0.15, 0.2) is 6.10 Å². The van der Waals surface area contributed by atoms with Crippen molar-refractivity contribution in [2.24, 2.45) is 5.92 Å². The van der Waals surface area contributed by atoms with Gasteiger partial charge >= 0.3 is 5.97 Å². The molecule has 7 nitrogen and oxygen atoms in total. The maximum atomic E-state index is 13.4. The Morgan fingerprint density at radius 1 is 0.968 bits per heavy atom. The van der Waals surface area contributed by atoms with Gasteiger partial charge < -0.3 is 9.64 Å². The SMILES string of the molecule is Cc1cc(C)c(C)c(S(=O)(=O)N2CCC(C(=O)OC(C)C(=O)N3CCCC3)CC2)c1C. The molecule has 1 unspecified atom stereocenters. The molecule has 2 aliphatic rings. The highest BCUT2D eigenvalue weighted by molar-refractivity contribution is 7.89. The first-order valence-corrected chi connectivity index (χ1v) is 12.5. The van der Waals surface area contributed by atoms with Crippen molar-refractivity contribution in [2.45, 2.75) is 71.3 Å². The molecule has 2 heterocycles. The van der Waals surface area contributed by atoms with E-state index in [2.05, 4.69) is 0 Å². The number of rotatable bonds is 5. The number of carbonyl (C=O) groups excluding carboxylic acids is 2. The van der Waals surface area contributed by atoms with Crippen molar-refractivity contribution in [1.82, 2.24) is 9.21 Å². The maximum Gasteiger partial charge on any atom is 0.309 e. The van der Waals surface area contributed by atoms with E-state index in [1.807, 2.05) is 33.8 Å². The van der Waals surface area contributed by atoms with Crippen molar-refractivity contribution < 1.29 is 22.7 Å². The fourth-order valence-electron chi connectivity index (χ4n) is 4.54. The standard InChI is InChI=1S/C23H34N2O5S/c1-15-14-16(2)18(4)21(17(15)3)31(28,29)25-12-8-20(9-13-25)23(27)30-19(5)22(26)24-10-6-7-11-24/h14,19-20H,6-13H2,1-5H3. The Morgan fingerprint density at radius 2 is 1.48 bits per heavy atom. The van der Waals surface area contributed by atoms with Gasteiger partial charge in [0.1, 0.15) is 0 Å². The van der Waals surface area contributed by atoms with Gasteiger partial charge in [0.25, 0.3) is 5.91 Å². The van der Waals surface area contributed by atoms with Crippen LogP contribution < -0.4 is 0 Å². The summed E-state index contributed by atoms with van der Waals surface area (Å²) >= 11 is 0. The minimum Gasteiger partial charge on any atom is -0.452 e. The summed E-state index contributed by atoms with van der Waals surface area (Å²) in [5.41, 5.74) is 3.46. The molecular weight excluding hydrogens is 416 g/mol. The second-order valence-corrected chi connectivity index (χ2v) is 10.8. The predicted molar refractivity (Wildman–Crippen MR) is 118 cm³/mol. The van der Waals surface area contributed by atoms with Crippen LogP contribution in [0.3, 0.4) is 0 Å². The lowest BCUT2D eigenvalue weighted by molar-refractivity contribution is -0.163. The molecule has 0 saturated carbocycles. The fraction of sp³-hybridized carbons (Fsp3) is 0.652. The van der Waals surface area contributed by atoms with Gasteiger partial charge in [-0.3, -0.25) is 9.59 Å². The molecule has 172 valence electrons. The molecular formula is C23H34N2O5S. The number of amides is 1. The molecule has 0 aromatic heterocycles. The quantitative estimate of drug-likeness (QED) is 0.644. The minimum absolute atomic E-state index is 0.147. The molecule has 2 fully saturated rings. The lowest BCUT2D eigenvalue weighted by atomic mass is 9.98. The molecule has 1 amide bonds. The van der Waals surface area contributed by atoms with Crippen LogP contribution in [0.25, 0.3) is 0 Å². The van der Waals surface area contributed by atoms with Gasteiger partial charge in [-0.25, -0.2) is 8.42 Å². The zero-order valence-corrected chi connectivity index (χ0v) is 20.0. The van der Waals surface area contributed by atoms with E-state index in [0.29, 0.717) is 30.8 Å². The van der Waals surface area contributed by atoms with Crippen LogP contribution in [0.2, 0.25) is 0 Å². The van der Waals surface area contributed by atoms with E-state index in [-0.39, 0.29) is 24.9 Å². The molecule has 0 N–H and O–H groups in total. The van der Waals surface area contributed by atoms with Crippen molar-refractivity contribution in [3.63, 3.8) is 0 Å². The highest BCUT2D eigenvalue weighted by atomic mass is 32.2. The highest BCUT2D eigenvalue weighted by Gasteiger charge is 2.36. The molecule has 8 heteroatoms. The van der Waals surface area contributed by atoms with Crippen molar-refractivity contribution in [3.8, 4) is 0 Å². The molecule has 1 aromatic rings. The van der Waals surface area contributed by atoms with E-state index in [1.165, 1.54) is 4.31 Å². The Balaban J connectivity index is 1.64. The van der Waals surface area contributed by atoms with Gasteiger partial charge in [-0.2, -0.15) is 4.31 Å². The zero-order valence-electron chi connectivity index (χ0n) is 19.2. The summed E-state index contributed by atoms with van der Waals surface area (Å²) in [5.74, 6) is -0.941. The Kier molecular flexibility index (Phi) is 7.11. The minimum atomic E-state index is -3.64. The summed E-state index contributed by atoms with van der Waals surface area (Å²) in [6, 6.07) is 2.01. The number of likely N-dealkylation sites (tertiary alicyclic amines) is 1. The summed E-state index contributed by atoms with van der Waals surface area (Å²) in [5, 5.41) is 0. The van der Waals surface area contributed by atoms with Crippen LogP contribution in [0.4, 0.5) is 0 Å². The third kappa shape index (κ3) is 4.80. The van der Waals surface area contributed by atoms with Gasteiger partial charge in [0.2, 0.25) is 10.0 Å². The lowest BCUT2D eigenvalue weighted by Gasteiger charge is -2.32. The molecule has 31 heavy (non-hydrogen) atoms. The summed E-state index contributed by atoms with van der Waals surface area (Å²) in [6.45, 7) is 11.1. The Hall–Kier alpha value is -1.93. The molecule has 3 rings (SSSR count). The molecule has 0 spiro atoms. The van der Waals surface area contributed by atoms with Crippen molar-refractivity contribution in [1.29, 1.82) is 0 Å². The topological polar surface area (TPSA) is 84.0 Å². The average molecular weight is 451 g/mol. The number of benzene rings is 1. The fourth-order valence-corrected chi connectivity index (χ4v) is 6.59. The van der Waals surface area contributed by atoms with Crippen LogP contribution >= 0.6 is 0 Å². The van der Waals surface area contributed by atoms with Crippen LogP contribution in [0.1, 0.15) is 54.9 Å². The maximum absolute atomic E-state index is 13.4. The Morgan fingerprint density at radius 3 is 2.00 bits per heavy atom. The molecule has 1 aromatic carbocycles. The first-order valence-electron chi connectivity index (χ1n) is 11.1. The first-order chi connectivity index (χ1) is 14.5. The third-order valence-electron chi connectivity index (χ3n) is 6.74. The molecule has 2 aliphatic heterocycles. The Bertz CT molecular complexity index is 932. The number of ether oxygens (including phenoxy) is 1. The van der Waals surface area contributed by atoms with Crippen LogP contribution in [-0.2, 0) is 24.3 Å². The number of hydrogen-bond donors (Lipinski definition) is 0. The average Bonchev–Trinajstić information content (AvgIpc) is 3.26. The number of hydrogen-bond acceptors (Lipinski definition) is 5. The number of piperidine rings is 1. The number of esters is 1. The summed E-state index contributed by atoms with van der Waals surface area (Å²) in [4.78, 5) is 27.1. The lowest BCUT2D eigenvalue weighted by Crippen LogP contribution is -2.43. The van der Waals surface area contributed by atoms with Gasteiger partial charge in [0, 0.05) is 26.2 Å². The summed E-state index contributed by atoms with van der Waals surface area (Å²) < 4.78 is 33.7. The van der Waals surface area contributed by atoms with E-state index in [4.69, 9.17) is 4.74 Å². The zero-order chi connectivity index (χ0) is 22.9. The van der Waals surface area contributed by atoms with E-state index >= 15 is 0 Å². The number of carbonyl (C=O) groups is 2.